The maximum absolute atomic E-state index is 14.4. The van der Waals surface area contributed by atoms with Crippen molar-refractivity contribution >= 4 is 23.9 Å². The zero-order valence-corrected chi connectivity index (χ0v) is 52.6. The molecule has 89 heavy (non-hydrogen) atoms. The zero-order valence-electron chi connectivity index (χ0n) is 52.6. The number of carbonyl (C=O) groups excluding carboxylic acids is 4. The van der Waals surface area contributed by atoms with Gasteiger partial charge in [0.2, 0.25) is 0 Å². The van der Waals surface area contributed by atoms with Gasteiger partial charge in [0, 0.05) is 17.6 Å². The molecule has 2 bridgehead atoms. The van der Waals surface area contributed by atoms with Crippen molar-refractivity contribution < 1.29 is 137 Å². The minimum atomic E-state index is -2.10. The van der Waals surface area contributed by atoms with Gasteiger partial charge in [-0.3, -0.25) is 9.59 Å². The number of hydrogen-bond donors (Lipinski definition) is 10. The van der Waals surface area contributed by atoms with Crippen LogP contribution >= 0.6 is 0 Å². The number of unbranched alkanes of at least 4 members (excludes halogenated alkanes) is 2. The molecule has 28 nitrogen and oxygen atoms in total. The minimum Gasteiger partial charge on any atom is -0.454 e. The first-order chi connectivity index (χ1) is 42.5. The van der Waals surface area contributed by atoms with Crippen LogP contribution in [0.3, 0.4) is 0 Å². The van der Waals surface area contributed by atoms with Gasteiger partial charge in [0.05, 0.1) is 44.1 Å². The number of fused-ring (bicyclic) bond motifs is 4. The summed E-state index contributed by atoms with van der Waals surface area (Å²) in [5.41, 5.74) is 0.170. The quantitative estimate of drug-likeness (QED) is 0.0393. The second kappa shape index (κ2) is 35.7. The van der Waals surface area contributed by atoms with Crippen molar-refractivity contribution in [2.24, 2.45) is 5.92 Å². The van der Waals surface area contributed by atoms with Gasteiger partial charge in [0.25, 0.3) is 0 Å². The average molecular weight is 1280 g/mol. The summed E-state index contributed by atoms with van der Waals surface area (Å²) >= 11 is 0. The number of hydrogen-bond acceptors (Lipinski definition) is 28. The summed E-state index contributed by atoms with van der Waals surface area (Å²) in [6.07, 6.45) is -34.1. The van der Waals surface area contributed by atoms with Crippen molar-refractivity contribution in [3.05, 3.63) is 23.3 Å². The highest BCUT2D eigenvalue weighted by Gasteiger charge is 2.60. The molecule has 0 saturated carbocycles. The van der Waals surface area contributed by atoms with Crippen molar-refractivity contribution in [2.75, 3.05) is 19.8 Å². The largest absolute Gasteiger partial charge is 0.454 e. The predicted molar refractivity (Wildman–Crippen MR) is 306 cm³/mol. The number of ether oxygens (including phenoxy) is 14. The highest BCUT2D eigenvalue weighted by molar-refractivity contribution is 5.88. The van der Waals surface area contributed by atoms with Gasteiger partial charge in [0.1, 0.15) is 85.5 Å². The third kappa shape index (κ3) is 19.1. The van der Waals surface area contributed by atoms with Crippen LogP contribution in [0.5, 0.6) is 0 Å². The average Bonchev–Trinajstić information content (AvgIpc) is 1.38. The second-order valence-electron chi connectivity index (χ2n) is 24.0. The smallest absolute Gasteiger partial charge is 0.333 e. The van der Waals surface area contributed by atoms with E-state index >= 15 is 0 Å². The van der Waals surface area contributed by atoms with Crippen molar-refractivity contribution in [1.29, 1.82) is 0 Å². The first kappa shape index (κ1) is 74.6. The third-order valence-electron chi connectivity index (χ3n) is 17.5. The normalized spacial score (nSPS) is 41.4. The van der Waals surface area contributed by atoms with Gasteiger partial charge in [-0.25, -0.2) is 9.59 Å². The Labute approximate surface area is 519 Å². The van der Waals surface area contributed by atoms with Crippen LogP contribution in [0.15, 0.2) is 23.3 Å². The van der Waals surface area contributed by atoms with Crippen molar-refractivity contribution in [1.82, 2.24) is 0 Å². The monoisotopic (exact) mass is 1280 g/mol. The molecule has 28 heteroatoms. The molecule has 0 aromatic rings. The topological polar surface area (TPSA) is 400 Å². The summed E-state index contributed by atoms with van der Waals surface area (Å²) in [6.45, 7) is 11.3. The van der Waals surface area contributed by atoms with Crippen LogP contribution < -0.4 is 0 Å². The summed E-state index contributed by atoms with van der Waals surface area (Å²) in [4.78, 5) is 55.1. The first-order valence-electron chi connectivity index (χ1n) is 31.7. The maximum atomic E-state index is 14.4. The molecule has 6 heterocycles. The Bertz CT molecular complexity index is 2260. The molecule has 0 spiro atoms. The summed E-state index contributed by atoms with van der Waals surface area (Å²) in [5.74, 6) is -4.53. The van der Waals surface area contributed by atoms with Crippen LogP contribution in [0.25, 0.3) is 0 Å². The van der Waals surface area contributed by atoms with Crippen molar-refractivity contribution in [2.45, 2.75) is 312 Å². The Morgan fingerprint density at radius 2 is 1.08 bits per heavy atom. The van der Waals surface area contributed by atoms with E-state index < -0.39 is 209 Å². The van der Waals surface area contributed by atoms with E-state index in [1.54, 1.807) is 20.8 Å². The fourth-order valence-corrected chi connectivity index (χ4v) is 11.4. The van der Waals surface area contributed by atoms with Crippen LogP contribution in [-0.4, -0.2) is 254 Å². The predicted octanol–water partition coefficient (Wildman–Crippen LogP) is 0.810. The fraction of sp³-hybridized carbons (Fsp3) is 0.869. The SMILES string of the molecule is C/C=C(\C)C(=O)O[C@@H]1[C@@H](O)[C@H](O[C@@H]2[C@@H](OC(=O)/C(C)=C/C)[C@H](C)O[C@@H](O[C@H]3[C@@H]4O[C@H]5[C@H](O[C@@H](CCCCC)CCCCCCCCCC(=O)O[C@H]6[C@H](O[C@H]3[C@H](O)[C@@H](CO)O4)O[C@H](CO)[C@@H](O)[C@@H]6O)O[C@H](C)[C@@H](O)[C@@H]5O)[C@@H]2OC(=O)[C@@H](C)CC)O[C@H](CO)[C@H]1O. The molecule has 0 aliphatic carbocycles. The van der Waals surface area contributed by atoms with Crippen LogP contribution in [-0.2, 0) is 85.5 Å². The third-order valence-corrected chi connectivity index (χ3v) is 17.5. The maximum Gasteiger partial charge on any atom is 0.333 e. The van der Waals surface area contributed by atoms with Crippen molar-refractivity contribution in [3.8, 4) is 0 Å². The summed E-state index contributed by atoms with van der Waals surface area (Å²) in [7, 11) is 0. The Morgan fingerprint density at radius 3 is 1.70 bits per heavy atom. The van der Waals surface area contributed by atoms with E-state index in [0.29, 0.717) is 25.7 Å². The van der Waals surface area contributed by atoms with E-state index in [-0.39, 0.29) is 24.0 Å². The van der Waals surface area contributed by atoms with Gasteiger partial charge in [0.15, 0.2) is 55.9 Å². The van der Waals surface area contributed by atoms with Gasteiger partial charge in [-0.2, -0.15) is 0 Å². The molecule has 0 radical (unpaired) electrons. The number of esters is 4. The van der Waals surface area contributed by atoms with E-state index in [2.05, 4.69) is 6.92 Å². The lowest BCUT2D eigenvalue weighted by Crippen LogP contribution is -2.69. The Balaban J connectivity index is 1.55. The standard InChI is InChI=1S/C61H100O28/c1-10-14-20-23-34-24-21-18-16-15-17-19-22-25-38(65)82-49-44(71)40(67)35(26-62)80-59(49)86-48-42(69)37(28-64)81-61(87-50-43(70)39(66)32(8)76-58(50)78-34)52(48)89-60-53(85-56(75)31(7)13-4)51(46(33(9)77-60)83-54(73)29(5)11-2)88-57-45(72)47(41(68)36(27-63)79-57)84-55(74)30(6)12-3/h11-12,31-37,39-53,57-64,66-72H,10,13-28H2,1-9H3/b29-11+,30-12+/t31-,32+,33-,34-,35+,36+,37+,39+,40+,41+,42+,43-,44-,45+,46-,47-,48-,49+,50+,51+,52+,53+,57-,58-,59-,60-,61-/m0/s1. The van der Waals surface area contributed by atoms with Crippen LogP contribution in [0.4, 0.5) is 0 Å². The Hall–Kier alpha value is -3.44. The van der Waals surface area contributed by atoms with Crippen LogP contribution in [0.2, 0.25) is 0 Å². The number of rotatable bonds is 18. The number of allylic oxidation sites excluding steroid dienone is 2. The molecule has 10 N–H and O–H groups in total. The lowest BCUT2D eigenvalue weighted by Gasteiger charge is -2.51. The minimum absolute atomic E-state index is 0.0817. The fourth-order valence-electron chi connectivity index (χ4n) is 11.4. The van der Waals surface area contributed by atoms with E-state index in [1.165, 1.54) is 46.8 Å². The van der Waals surface area contributed by atoms with Gasteiger partial charge >= 0.3 is 23.9 Å². The van der Waals surface area contributed by atoms with E-state index in [9.17, 15) is 70.2 Å². The van der Waals surface area contributed by atoms with Crippen LogP contribution in [0.1, 0.15) is 152 Å². The van der Waals surface area contributed by atoms with E-state index in [0.717, 1.165) is 51.4 Å². The molecule has 6 aliphatic rings. The molecule has 0 unspecified atom stereocenters. The lowest BCUT2D eigenvalue weighted by atomic mass is 9.95. The molecule has 0 aromatic heterocycles. The molecule has 6 rings (SSSR count). The Kier molecular flexibility index (Phi) is 29.9. The second-order valence-corrected chi connectivity index (χ2v) is 24.0. The molecule has 6 saturated heterocycles. The van der Waals surface area contributed by atoms with Crippen molar-refractivity contribution in [3.63, 3.8) is 0 Å². The molecule has 0 amide bonds. The molecule has 6 aliphatic heterocycles. The summed E-state index contributed by atoms with van der Waals surface area (Å²) < 4.78 is 88.3. The first-order valence-corrected chi connectivity index (χ1v) is 31.7. The Morgan fingerprint density at radius 1 is 0.528 bits per heavy atom. The van der Waals surface area contributed by atoms with E-state index in [1.807, 2.05) is 0 Å². The zero-order chi connectivity index (χ0) is 65.4. The number of carbonyl (C=O) groups is 4. The molecule has 6 fully saturated rings. The lowest BCUT2D eigenvalue weighted by molar-refractivity contribution is -0.413. The molecular formula is C61H100O28. The molecular weight excluding hydrogens is 1180 g/mol. The number of aliphatic hydroxyl groups is 10. The van der Waals surface area contributed by atoms with Crippen LogP contribution in [0, 0.1) is 5.92 Å². The number of aliphatic hydroxyl groups excluding tert-OH is 10. The summed E-state index contributed by atoms with van der Waals surface area (Å²) in [5, 5.41) is 114. The summed E-state index contributed by atoms with van der Waals surface area (Å²) in [6, 6.07) is 0. The molecule has 512 valence electrons. The van der Waals surface area contributed by atoms with Gasteiger partial charge in [-0.15, -0.1) is 0 Å². The molecule has 27 atom stereocenters. The van der Waals surface area contributed by atoms with Gasteiger partial charge in [-0.05, 0) is 67.2 Å². The van der Waals surface area contributed by atoms with E-state index in [4.69, 9.17) is 66.3 Å². The van der Waals surface area contributed by atoms with Gasteiger partial charge < -0.3 is 117 Å². The highest BCUT2D eigenvalue weighted by Crippen LogP contribution is 2.40. The van der Waals surface area contributed by atoms with Gasteiger partial charge in [-0.1, -0.05) is 90.7 Å². The molecule has 0 aromatic carbocycles. The highest BCUT2D eigenvalue weighted by atomic mass is 16.8.